The molecule has 0 unspecified atom stereocenters. The number of aromatic nitrogens is 2. The van der Waals surface area contributed by atoms with Crippen molar-refractivity contribution in [3.8, 4) is 0 Å². The smallest absolute Gasteiger partial charge is 0.359 e. The number of rotatable bonds is 5. The number of imidazole rings is 1. The van der Waals surface area contributed by atoms with Gasteiger partial charge in [0.15, 0.2) is 0 Å². The Labute approximate surface area is 94.8 Å². The van der Waals surface area contributed by atoms with Crippen LogP contribution in [0.25, 0.3) is 0 Å². The Hall–Kier alpha value is -1.59. The van der Waals surface area contributed by atoms with E-state index in [2.05, 4.69) is 24.1 Å². The monoisotopic (exact) mass is 226 g/mol. The van der Waals surface area contributed by atoms with Crippen molar-refractivity contribution in [2.24, 2.45) is 7.05 Å². The Morgan fingerprint density at radius 2 is 2.12 bits per heavy atom. The van der Waals surface area contributed by atoms with E-state index < -0.39 is 4.92 Å². The lowest BCUT2D eigenvalue weighted by molar-refractivity contribution is -0.388. The number of anilines is 1. The van der Waals surface area contributed by atoms with Crippen LogP contribution in [-0.2, 0) is 7.05 Å². The molecule has 6 nitrogen and oxygen atoms in total. The van der Waals surface area contributed by atoms with Crippen LogP contribution in [0.4, 0.5) is 11.6 Å². The van der Waals surface area contributed by atoms with Gasteiger partial charge in [-0.15, -0.1) is 0 Å². The van der Waals surface area contributed by atoms with Crippen molar-refractivity contribution in [3.05, 3.63) is 16.4 Å². The maximum absolute atomic E-state index is 10.8. The molecule has 1 rings (SSSR count). The van der Waals surface area contributed by atoms with Crippen molar-refractivity contribution in [1.82, 2.24) is 9.55 Å². The zero-order valence-electron chi connectivity index (χ0n) is 10.1. The molecule has 0 aromatic carbocycles. The fraction of sp³-hybridized carbons (Fsp3) is 0.700. The molecule has 1 N–H and O–H groups in total. The summed E-state index contributed by atoms with van der Waals surface area (Å²) in [5.74, 6) is 0.354. The summed E-state index contributed by atoms with van der Waals surface area (Å²) < 4.78 is 1.64. The first kappa shape index (κ1) is 12.5. The fourth-order valence-electron chi connectivity index (χ4n) is 1.41. The van der Waals surface area contributed by atoms with Gasteiger partial charge in [0.25, 0.3) is 0 Å². The van der Waals surface area contributed by atoms with E-state index in [-0.39, 0.29) is 11.4 Å². The molecule has 0 aliphatic heterocycles. The van der Waals surface area contributed by atoms with Crippen LogP contribution in [-0.4, -0.2) is 20.0 Å². The van der Waals surface area contributed by atoms with Gasteiger partial charge >= 0.3 is 5.82 Å². The van der Waals surface area contributed by atoms with Gasteiger partial charge in [-0.1, -0.05) is 13.8 Å². The first-order chi connectivity index (χ1) is 7.43. The van der Waals surface area contributed by atoms with Crippen LogP contribution >= 0.6 is 0 Å². The van der Waals surface area contributed by atoms with Crippen molar-refractivity contribution in [3.63, 3.8) is 0 Å². The lowest BCUT2D eigenvalue weighted by Gasteiger charge is -2.28. The summed E-state index contributed by atoms with van der Waals surface area (Å²) in [5, 5.41) is 14.0. The molecule has 0 fully saturated rings. The van der Waals surface area contributed by atoms with Gasteiger partial charge in [0.05, 0.1) is 0 Å². The molecule has 0 aliphatic rings. The molecule has 0 atom stereocenters. The van der Waals surface area contributed by atoms with Crippen LogP contribution in [0, 0.1) is 10.1 Å². The van der Waals surface area contributed by atoms with E-state index in [1.54, 1.807) is 11.6 Å². The third kappa shape index (κ3) is 2.32. The predicted molar refractivity (Wildman–Crippen MR) is 62.5 cm³/mol. The SMILES string of the molecule is CCC(C)(CC)Nc1c([N+](=O)[O-])ncn1C. The van der Waals surface area contributed by atoms with Crippen LogP contribution in [0.3, 0.4) is 0 Å². The van der Waals surface area contributed by atoms with Gasteiger partial charge in [0.2, 0.25) is 12.1 Å². The van der Waals surface area contributed by atoms with E-state index in [0.29, 0.717) is 5.82 Å². The number of hydrogen-bond donors (Lipinski definition) is 1. The fourth-order valence-corrected chi connectivity index (χ4v) is 1.41. The molecule has 1 aromatic heterocycles. The van der Waals surface area contributed by atoms with E-state index in [4.69, 9.17) is 0 Å². The number of nitrogens with zero attached hydrogens (tertiary/aromatic N) is 3. The quantitative estimate of drug-likeness (QED) is 0.617. The Kier molecular flexibility index (Phi) is 3.51. The largest absolute Gasteiger partial charge is 0.406 e. The highest BCUT2D eigenvalue weighted by molar-refractivity contribution is 5.53. The van der Waals surface area contributed by atoms with Crippen LogP contribution < -0.4 is 5.32 Å². The van der Waals surface area contributed by atoms with Crippen molar-refractivity contribution in [1.29, 1.82) is 0 Å². The van der Waals surface area contributed by atoms with Crippen LogP contribution in [0.1, 0.15) is 33.6 Å². The minimum atomic E-state index is -0.464. The normalized spacial score (nSPS) is 11.5. The van der Waals surface area contributed by atoms with Gasteiger partial charge in [-0.2, -0.15) is 0 Å². The zero-order chi connectivity index (χ0) is 12.3. The summed E-state index contributed by atoms with van der Waals surface area (Å²) in [6, 6.07) is 0. The molecular weight excluding hydrogens is 208 g/mol. The Bertz CT molecular complexity index is 382. The highest BCUT2D eigenvalue weighted by Gasteiger charge is 2.27. The number of hydrogen-bond acceptors (Lipinski definition) is 4. The number of aryl methyl sites for hydroxylation is 1. The van der Waals surface area contributed by atoms with Gasteiger partial charge in [-0.05, 0) is 29.7 Å². The minimum absolute atomic E-state index is 0.115. The molecule has 0 amide bonds. The minimum Gasteiger partial charge on any atom is -0.359 e. The van der Waals surface area contributed by atoms with E-state index in [1.807, 2.05) is 6.92 Å². The van der Waals surface area contributed by atoms with Gasteiger partial charge in [-0.25, -0.2) is 0 Å². The van der Waals surface area contributed by atoms with Crippen LogP contribution in [0.5, 0.6) is 0 Å². The molecule has 90 valence electrons. The van der Waals surface area contributed by atoms with Crippen molar-refractivity contribution >= 4 is 11.6 Å². The van der Waals surface area contributed by atoms with E-state index in [9.17, 15) is 10.1 Å². The molecule has 0 aliphatic carbocycles. The third-order valence-corrected chi connectivity index (χ3v) is 3.07. The van der Waals surface area contributed by atoms with Gasteiger partial charge < -0.3 is 15.4 Å². The van der Waals surface area contributed by atoms with E-state index in [0.717, 1.165) is 12.8 Å². The summed E-state index contributed by atoms with van der Waals surface area (Å²) in [5.41, 5.74) is -0.140. The second-order valence-electron chi connectivity index (χ2n) is 4.18. The van der Waals surface area contributed by atoms with Gasteiger partial charge in [0, 0.05) is 12.6 Å². The third-order valence-electron chi connectivity index (χ3n) is 3.07. The first-order valence-electron chi connectivity index (χ1n) is 5.37. The Morgan fingerprint density at radius 1 is 1.56 bits per heavy atom. The maximum Gasteiger partial charge on any atom is 0.406 e. The lowest BCUT2D eigenvalue weighted by atomic mass is 9.96. The standard InChI is InChI=1S/C10H18N4O2/c1-5-10(3,6-2)12-9-8(14(15)16)11-7-13(9)4/h7,12H,5-6H2,1-4H3. The van der Waals surface area contributed by atoms with Gasteiger partial charge in [0.1, 0.15) is 0 Å². The first-order valence-corrected chi connectivity index (χ1v) is 5.37. The van der Waals surface area contributed by atoms with E-state index in [1.165, 1.54) is 6.33 Å². The van der Waals surface area contributed by atoms with Crippen LogP contribution in [0.2, 0.25) is 0 Å². The highest BCUT2D eigenvalue weighted by Crippen LogP contribution is 2.27. The zero-order valence-corrected chi connectivity index (χ0v) is 10.1. The van der Waals surface area contributed by atoms with E-state index >= 15 is 0 Å². The average molecular weight is 226 g/mol. The summed E-state index contributed by atoms with van der Waals surface area (Å²) in [4.78, 5) is 14.1. The average Bonchev–Trinajstić information content (AvgIpc) is 2.60. The topological polar surface area (TPSA) is 73.0 Å². The summed E-state index contributed by atoms with van der Waals surface area (Å²) in [6.07, 6.45) is 3.24. The Balaban J connectivity index is 3.04. The summed E-state index contributed by atoms with van der Waals surface area (Å²) in [7, 11) is 1.74. The molecule has 0 spiro atoms. The highest BCUT2D eigenvalue weighted by atomic mass is 16.6. The molecule has 1 heterocycles. The Morgan fingerprint density at radius 3 is 2.56 bits per heavy atom. The molecule has 1 aromatic rings. The molecule has 16 heavy (non-hydrogen) atoms. The van der Waals surface area contributed by atoms with Gasteiger partial charge in [-0.3, -0.25) is 4.57 Å². The van der Waals surface area contributed by atoms with Crippen LogP contribution in [0.15, 0.2) is 6.33 Å². The molecule has 0 saturated heterocycles. The van der Waals surface area contributed by atoms with Crippen molar-refractivity contribution in [2.45, 2.75) is 39.2 Å². The van der Waals surface area contributed by atoms with Crippen molar-refractivity contribution < 1.29 is 4.92 Å². The number of nitro groups is 1. The molecule has 0 radical (unpaired) electrons. The molecule has 6 heteroatoms. The maximum atomic E-state index is 10.8. The second kappa shape index (κ2) is 4.51. The number of nitrogens with one attached hydrogen (secondary N) is 1. The lowest BCUT2D eigenvalue weighted by Crippen LogP contribution is -2.34. The second-order valence-corrected chi connectivity index (χ2v) is 4.18. The van der Waals surface area contributed by atoms with Crippen molar-refractivity contribution in [2.75, 3.05) is 5.32 Å². The molecule has 0 bridgehead atoms. The summed E-state index contributed by atoms with van der Waals surface area (Å²) in [6.45, 7) is 6.15. The summed E-state index contributed by atoms with van der Waals surface area (Å²) >= 11 is 0. The predicted octanol–water partition coefficient (Wildman–Crippen LogP) is 2.32. The molecular formula is C10H18N4O2. The molecule has 0 saturated carbocycles.